The zero-order chi connectivity index (χ0) is 15.7. The monoisotopic (exact) mass is 314 g/mol. The molecule has 0 saturated carbocycles. The lowest BCUT2D eigenvalue weighted by molar-refractivity contribution is -0.139. The van der Waals surface area contributed by atoms with Crippen molar-refractivity contribution in [2.75, 3.05) is 29.2 Å². The molecule has 0 radical (unpaired) electrons. The fourth-order valence-electron chi connectivity index (χ4n) is 1.54. The van der Waals surface area contributed by atoms with E-state index in [-0.39, 0.29) is 29.7 Å². The van der Waals surface area contributed by atoms with Gasteiger partial charge in [-0.25, -0.2) is 4.39 Å². The van der Waals surface area contributed by atoms with Gasteiger partial charge in [0.05, 0.1) is 18.0 Å². The van der Waals surface area contributed by atoms with E-state index in [1.165, 1.54) is 30.0 Å². The van der Waals surface area contributed by atoms with Crippen LogP contribution in [0, 0.1) is 5.82 Å². The van der Waals surface area contributed by atoms with Gasteiger partial charge in [-0.15, -0.1) is 0 Å². The van der Waals surface area contributed by atoms with Crippen LogP contribution >= 0.6 is 11.8 Å². The molecule has 0 aliphatic carbocycles. The van der Waals surface area contributed by atoms with Gasteiger partial charge in [0.25, 0.3) is 0 Å². The summed E-state index contributed by atoms with van der Waals surface area (Å²) in [7, 11) is 0. The molecule has 0 fully saturated rings. The fraction of sp³-hybridized carbons (Fsp3) is 0.429. The Kier molecular flexibility index (Phi) is 7.60. The van der Waals surface area contributed by atoms with Crippen LogP contribution in [-0.4, -0.2) is 30.0 Å². The number of thioether (sulfide) groups is 1. The summed E-state index contributed by atoms with van der Waals surface area (Å²) in [5.41, 5.74) is 6.00. The minimum absolute atomic E-state index is 0.0826. The third-order valence-electron chi connectivity index (χ3n) is 2.48. The topological polar surface area (TPSA) is 81.4 Å². The van der Waals surface area contributed by atoms with Gasteiger partial charge in [0.15, 0.2) is 0 Å². The first-order valence-corrected chi connectivity index (χ1v) is 7.76. The minimum atomic E-state index is -0.519. The molecule has 7 heteroatoms. The van der Waals surface area contributed by atoms with E-state index in [0.29, 0.717) is 24.5 Å². The summed E-state index contributed by atoms with van der Waals surface area (Å²) < 4.78 is 18.2. The van der Waals surface area contributed by atoms with Crippen LogP contribution in [0.2, 0.25) is 0 Å². The van der Waals surface area contributed by atoms with Gasteiger partial charge in [-0.2, -0.15) is 11.8 Å². The summed E-state index contributed by atoms with van der Waals surface area (Å²) in [6, 6.07) is 4.01. The van der Waals surface area contributed by atoms with Crippen LogP contribution in [-0.2, 0) is 14.3 Å². The lowest BCUT2D eigenvalue weighted by Gasteiger charge is -2.07. The molecule has 1 amide bonds. The highest BCUT2D eigenvalue weighted by Crippen LogP contribution is 2.17. The van der Waals surface area contributed by atoms with E-state index in [4.69, 9.17) is 10.5 Å². The van der Waals surface area contributed by atoms with Gasteiger partial charge in [0, 0.05) is 12.1 Å². The van der Waals surface area contributed by atoms with Gasteiger partial charge in [-0.05, 0) is 37.3 Å². The van der Waals surface area contributed by atoms with Crippen molar-refractivity contribution in [1.29, 1.82) is 0 Å². The second-order valence-corrected chi connectivity index (χ2v) is 5.35. The highest BCUT2D eigenvalue weighted by molar-refractivity contribution is 7.99. The Bertz CT molecular complexity index is 497. The van der Waals surface area contributed by atoms with Crippen LogP contribution in [0.1, 0.15) is 19.8 Å². The molecule has 21 heavy (non-hydrogen) atoms. The first-order chi connectivity index (χ1) is 10.0. The minimum Gasteiger partial charge on any atom is -0.465 e. The zero-order valence-electron chi connectivity index (χ0n) is 11.9. The number of carbonyl (C=O) groups is 2. The van der Waals surface area contributed by atoms with Crippen LogP contribution in [0.15, 0.2) is 18.2 Å². The van der Waals surface area contributed by atoms with Gasteiger partial charge in [-0.1, -0.05) is 0 Å². The number of esters is 1. The Labute approximate surface area is 127 Å². The van der Waals surface area contributed by atoms with Gasteiger partial charge in [0.2, 0.25) is 5.91 Å². The average molecular weight is 314 g/mol. The van der Waals surface area contributed by atoms with Crippen molar-refractivity contribution in [2.24, 2.45) is 0 Å². The highest BCUT2D eigenvalue weighted by Gasteiger charge is 2.08. The molecular weight excluding hydrogens is 295 g/mol. The molecule has 1 rings (SSSR count). The molecule has 0 saturated heterocycles. The van der Waals surface area contributed by atoms with Crippen molar-refractivity contribution in [1.82, 2.24) is 0 Å². The van der Waals surface area contributed by atoms with E-state index < -0.39 is 5.82 Å². The van der Waals surface area contributed by atoms with Crippen LogP contribution in [0.4, 0.5) is 15.8 Å². The molecule has 0 unspecified atom stereocenters. The number of anilines is 2. The molecular formula is C14H19FN2O3S. The summed E-state index contributed by atoms with van der Waals surface area (Å²) in [5, 5.41) is 2.48. The van der Waals surface area contributed by atoms with E-state index in [1.54, 1.807) is 6.92 Å². The first-order valence-electron chi connectivity index (χ1n) is 6.61. The lowest BCUT2D eigenvalue weighted by atomic mass is 10.2. The van der Waals surface area contributed by atoms with Crippen LogP contribution in [0.5, 0.6) is 0 Å². The number of benzene rings is 1. The van der Waals surface area contributed by atoms with Gasteiger partial charge >= 0.3 is 5.97 Å². The molecule has 0 aliphatic heterocycles. The summed E-state index contributed by atoms with van der Waals surface area (Å²) in [6.07, 6.45) is 0.851. The maximum atomic E-state index is 13.4. The molecule has 0 heterocycles. The van der Waals surface area contributed by atoms with E-state index in [2.05, 4.69) is 5.32 Å². The summed E-state index contributed by atoms with van der Waals surface area (Å²) in [4.78, 5) is 22.7. The third kappa shape index (κ3) is 6.99. The van der Waals surface area contributed by atoms with Crippen molar-refractivity contribution < 1.29 is 18.7 Å². The zero-order valence-corrected chi connectivity index (χ0v) is 12.7. The molecule has 0 atom stereocenters. The maximum Gasteiger partial charge on any atom is 0.315 e. The van der Waals surface area contributed by atoms with Gasteiger partial charge in [0.1, 0.15) is 5.82 Å². The van der Waals surface area contributed by atoms with Crippen molar-refractivity contribution in [2.45, 2.75) is 19.8 Å². The second-order valence-electron chi connectivity index (χ2n) is 4.25. The number of rotatable bonds is 8. The summed E-state index contributed by atoms with van der Waals surface area (Å²) in [5.74, 6) is -0.121. The fourth-order valence-corrected chi connectivity index (χ4v) is 2.29. The molecule has 0 aliphatic rings. The van der Waals surface area contributed by atoms with Gasteiger partial charge < -0.3 is 15.8 Å². The summed E-state index contributed by atoms with van der Waals surface area (Å²) >= 11 is 1.41. The molecule has 0 bridgehead atoms. The normalized spacial score (nSPS) is 10.2. The smallest absolute Gasteiger partial charge is 0.315 e. The van der Waals surface area contributed by atoms with Crippen LogP contribution < -0.4 is 11.1 Å². The molecule has 1 aromatic rings. The number of ether oxygens (including phenoxy) is 1. The van der Waals surface area contributed by atoms with Crippen molar-refractivity contribution in [3.8, 4) is 0 Å². The van der Waals surface area contributed by atoms with E-state index in [0.717, 1.165) is 0 Å². The van der Waals surface area contributed by atoms with E-state index >= 15 is 0 Å². The molecule has 5 nitrogen and oxygen atoms in total. The molecule has 1 aromatic carbocycles. The Hall–Kier alpha value is -1.76. The summed E-state index contributed by atoms with van der Waals surface area (Å²) in [6.45, 7) is 2.12. The molecule has 0 aromatic heterocycles. The average Bonchev–Trinajstić information content (AvgIpc) is 2.43. The number of hydrogen-bond acceptors (Lipinski definition) is 5. The number of hydrogen-bond donors (Lipinski definition) is 2. The Morgan fingerprint density at radius 1 is 1.43 bits per heavy atom. The van der Waals surface area contributed by atoms with E-state index in [9.17, 15) is 14.0 Å². The van der Waals surface area contributed by atoms with Crippen LogP contribution in [0.25, 0.3) is 0 Å². The number of nitrogen functional groups attached to an aromatic ring is 1. The SMILES string of the molecule is CCOC(=O)CSCCCC(=O)Nc1cc(N)ccc1F. The van der Waals surface area contributed by atoms with Crippen molar-refractivity contribution in [3.05, 3.63) is 24.0 Å². The largest absolute Gasteiger partial charge is 0.465 e. The Morgan fingerprint density at radius 2 is 2.19 bits per heavy atom. The number of carbonyl (C=O) groups excluding carboxylic acids is 2. The molecule has 3 N–H and O–H groups in total. The highest BCUT2D eigenvalue weighted by atomic mass is 32.2. The van der Waals surface area contributed by atoms with Crippen LogP contribution in [0.3, 0.4) is 0 Å². The predicted molar refractivity (Wildman–Crippen MR) is 82.6 cm³/mol. The lowest BCUT2D eigenvalue weighted by Crippen LogP contribution is -2.13. The number of nitrogens with one attached hydrogen (secondary N) is 1. The molecule has 0 spiro atoms. The Morgan fingerprint density at radius 3 is 2.90 bits per heavy atom. The maximum absolute atomic E-state index is 13.4. The van der Waals surface area contributed by atoms with Gasteiger partial charge in [-0.3, -0.25) is 9.59 Å². The standard InChI is InChI=1S/C14H19FN2O3S/c1-2-20-14(19)9-21-7-3-4-13(18)17-12-8-10(16)5-6-11(12)15/h5-6,8H,2-4,7,9,16H2,1H3,(H,17,18). The second kappa shape index (κ2) is 9.23. The first kappa shape index (κ1) is 17.3. The quantitative estimate of drug-likeness (QED) is 0.437. The Balaban J connectivity index is 2.22. The van der Waals surface area contributed by atoms with E-state index in [1.807, 2.05) is 0 Å². The number of nitrogens with two attached hydrogens (primary N) is 1. The third-order valence-corrected chi connectivity index (χ3v) is 3.50. The molecule has 116 valence electrons. The van der Waals surface area contributed by atoms with Crippen molar-refractivity contribution in [3.63, 3.8) is 0 Å². The number of halogens is 1. The predicted octanol–water partition coefficient (Wildman–Crippen LogP) is 2.42. The number of amides is 1. The van der Waals surface area contributed by atoms with Crippen molar-refractivity contribution >= 4 is 35.0 Å².